The standard InChI is InChI=1S/C20H18ClFN4O3/c21-14-3-1-12(2-4-14)17-5-13(20(28)24-18-10-29-11-19(18)27)9-26(25-17)16-6-15(22)7-23-8-16/h1-8,18-19,27H,9-11H2,(H,24,28)/t18-,19-/m0/s1. The number of carbonyl (C=O) groups is 1. The fraction of sp³-hybridized carbons (Fsp3) is 0.250. The van der Waals surface area contributed by atoms with Crippen LogP contribution in [0.1, 0.15) is 5.56 Å². The van der Waals surface area contributed by atoms with E-state index in [4.69, 9.17) is 16.3 Å². The predicted molar refractivity (Wildman–Crippen MR) is 106 cm³/mol. The lowest BCUT2D eigenvalue weighted by atomic mass is 10.0. The highest BCUT2D eigenvalue weighted by Crippen LogP contribution is 2.22. The molecule has 29 heavy (non-hydrogen) atoms. The summed E-state index contributed by atoms with van der Waals surface area (Å²) in [6, 6.07) is 7.84. The third-order valence-electron chi connectivity index (χ3n) is 4.65. The average molecular weight is 417 g/mol. The SMILES string of the molecule is O=C(N[C@H]1COC[C@@H]1O)C1=CC(c2ccc(Cl)cc2)=NN(c2cncc(F)c2)C1. The van der Waals surface area contributed by atoms with E-state index < -0.39 is 18.0 Å². The Morgan fingerprint density at radius 3 is 2.76 bits per heavy atom. The largest absolute Gasteiger partial charge is 0.388 e. The van der Waals surface area contributed by atoms with Gasteiger partial charge in [0.15, 0.2) is 0 Å². The highest BCUT2D eigenvalue weighted by atomic mass is 35.5. The number of aromatic nitrogens is 1. The van der Waals surface area contributed by atoms with Crippen molar-refractivity contribution in [3.63, 3.8) is 0 Å². The third-order valence-corrected chi connectivity index (χ3v) is 4.90. The minimum atomic E-state index is -0.754. The summed E-state index contributed by atoms with van der Waals surface area (Å²) in [5.41, 5.74) is 2.09. The number of carbonyl (C=O) groups excluding carboxylic acids is 1. The van der Waals surface area contributed by atoms with Gasteiger partial charge >= 0.3 is 0 Å². The number of benzene rings is 1. The molecule has 2 atom stereocenters. The quantitative estimate of drug-likeness (QED) is 0.795. The van der Waals surface area contributed by atoms with Crippen molar-refractivity contribution in [2.24, 2.45) is 5.10 Å². The molecule has 7 nitrogen and oxygen atoms in total. The summed E-state index contributed by atoms with van der Waals surface area (Å²) in [6.07, 6.45) is 3.49. The van der Waals surface area contributed by atoms with Gasteiger partial charge in [-0.15, -0.1) is 0 Å². The van der Waals surface area contributed by atoms with Gasteiger partial charge in [0.25, 0.3) is 0 Å². The van der Waals surface area contributed by atoms with Gasteiger partial charge < -0.3 is 15.2 Å². The maximum Gasteiger partial charge on any atom is 0.249 e. The Bertz CT molecular complexity index is 980. The molecule has 0 saturated carbocycles. The van der Waals surface area contributed by atoms with Crippen molar-refractivity contribution >= 4 is 28.9 Å². The third kappa shape index (κ3) is 4.45. The van der Waals surface area contributed by atoms with Crippen LogP contribution in [-0.2, 0) is 9.53 Å². The number of aliphatic hydroxyl groups is 1. The molecule has 4 rings (SSSR count). The molecule has 2 aliphatic heterocycles. The Morgan fingerprint density at radius 2 is 2.07 bits per heavy atom. The van der Waals surface area contributed by atoms with Crippen molar-refractivity contribution in [2.45, 2.75) is 12.1 Å². The fourth-order valence-electron chi connectivity index (χ4n) is 3.10. The molecule has 0 unspecified atom stereocenters. The molecule has 1 fully saturated rings. The van der Waals surface area contributed by atoms with Crippen molar-refractivity contribution in [3.8, 4) is 0 Å². The molecule has 2 aromatic rings. The number of pyridine rings is 1. The van der Waals surface area contributed by atoms with E-state index in [2.05, 4.69) is 15.4 Å². The van der Waals surface area contributed by atoms with Crippen molar-refractivity contribution < 1.29 is 19.0 Å². The van der Waals surface area contributed by atoms with E-state index in [1.54, 1.807) is 30.3 Å². The number of hydrazone groups is 1. The van der Waals surface area contributed by atoms with Crippen molar-refractivity contribution in [1.82, 2.24) is 10.3 Å². The molecule has 1 amide bonds. The number of ether oxygens (including phenoxy) is 1. The van der Waals surface area contributed by atoms with Crippen LogP contribution in [0.2, 0.25) is 5.02 Å². The highest BCUT2D eigenvalue weighted by Gasteiger charge is 2.30. The van der Waals surface area contributed by atoms with Gasteiger partial charge in [-0.25, -0.2) is 4.39 Å². The first kappa shape index (κ1) is 19.5. The van der Waals surface area contributed by atoms with Gasteiger partial charge in [0.05, 0.1) is 55.7 Å². The van der Waals surface area contributed by atoms with Gasteiger partial charge in [0.2, 0.25) is 5.91 Å². The molecule has 3 heterocycles. The van der Waals surface area contributed by atoms with Crippen LogP contribution in [0.3, 0.4) is 0 Å². The molecule has 0 radical (unpaired) electrons. The summed E-state index contributed by atoms with van der Waals surface area (Å²) < 4.78 is 18.9. The van der Waals surface area contributed by atoms with Crippen molar-refractivity contribution in [1.29, 1.82) is 0 Å². The summed E-state index contributed by atoms with van der Waals surface area (Å²) in [5.74, 6) is -0.854. The first-order valence-corrected chi connectivity index (χ1v) is 9.37. The van der Waals surface area contributed by atoms with E-state index in [0.29, 0.717) is 22.0 Å². The normalized spacial score (nSPS) is 21.6. The van der Waals surface area contributed by atoms with Crippen molar-refractivity contribution in [2.75, 3.05) is 24.8 Å². The van der Waals surface area contributed by atoms with E-state index in [9.17, 15) is 14.3 Å². The number of halogens is 2. The number of anilines is 1. The molecule has 150 valence electrons. The number of allylic oxidation sites excluding steroid dienone is 1. The Kier molecular flexibility index (Phi) is 5.57. The number of aliphatic hydroxyl groups excluding tert-OH is 1. The maximum atomic E-state index is 13.7. The summed E-state index contributed by atoms with van der Waals surface area (Å²) in [6.45, 7) is 0.552. The van der Waals surface area contributed by atoms with Gasteiger partial charge in [-0.2, -0.15) is 5.10 Å². The van der Waals surface area contributed by atoms with Crippen LogP contribution < -0.4 is 10.3 Å². The molecular weight excluding hydrogens is 399 g/mol. The zero-order valence-corrected chi connectivity index (χ0v) is 16.0. The second-order valence-electron chi connectivity index (χ2n) is 6.77. The second kappa shape index (κ2) is 8.28. The minimum absolute atomic E-state index is 0.123. The zero-order chi connectivity index (χ0) is 20.4. The van der Waals surface area contributed by atoms with Gasteiger partial charge in [0.1, 0.15) is 5.82 Å². The van der Waals surface area contributed by atoms with E-state index >= 15 is 0 Å². The summed E-state index contributed by atoms with van der Waals surface area (Å²) in [5, 5.41) is 19.3. The average Bonchev–Trinajstić information content (AvgIpc) is 3.12. The Balaban J connectivity index is 1.65. The first-order valence-electron chi connectivity index (χ1n) is 8.99. The fourth-order valence-corrected chi connectivity index (χ4v) is 3.22. The Labute approximate surface area is 171 Å². The Morgan fingerprint density at radius 1 is 1.28 bits per heavy atom. The lowest BCUT2D eigenvalue weighted by molar-refractivity contribution is -0.118. The van der Waals surface area contributed by atoms with Crippen molar-refractivity contribution in [3.05, 3.63) is 70.8 Å². The molecule has 0 bridgehead atoms. The van der Waals surface area contributed by atoms with Crippen LogP contribution in [0.5, 0.6) is 0 Å². The Hall–Kier alpha value is -2.81. The minimum Gasteiger partial charge on any atom is -0.388 e. The predicted octanol–water partition coefficient (Wildman–Crippen LogP) is 1.90. The topological polar surface area (TPSA) is 87.0 Å². The lowest BCUT2D eigenvalue weighted by Crippen LogP contribution is -2.45. The molecule has 2 aliphatic rings. The van der Waals surface area contributed by atoms with Crippen LogP contribution in [-0.4, -0.2) is 53.6 Å². The number of nitrogens with one attached hydrogen (secondary N) is 1. The molecule has 0 spiro atoms. The van der Waals surface area contributed by atoms with Gasteiger partial charge in [-0.3, -0.25) is 14.8 Å². The molecule has 2 N–H and O–H groups in total. The molecule has 1 aromatic heterocycles. The molecule has 1 aromatic carbocycles. The maximum absolute atomic E-state index is 13.7. The highest BCUT2D eigenvalue weighted by molar-refractivity contribution is 6.30. The zero-order valence-electron chi connectivity index (χ0n) is 15.3. The van der Waals surface area contributed by atoms with E-state index in [1.165, 1.54) is 17.3 Å². The summed E-state index contributed by atoms with van der Waals surface area (Å²) in [4.78, 5) is 16.7. The number of amides is 1. The van der Waals surface area contributed by atoms with E-state index in [0.717, 1.165) is 11.8 Å². The van der Waals surface area contributed by atoms with Gasteiger partial charge in [-0.05, 0) is 18.2 Å². The summed E-state index contributed by atoms with van der Waals surface area (Å²) >= 11 is 5.97. The van der Waals surface area contributed by atoms with Crippen LogP contribution in [0.4, 0.5) is 10.1 Å². The van der Waals surface area contributed by atoms with Crippen LogP contribution >= 0.6 is 11.6 Å². The number of rotatable bonds is 4. The monoisotopic (exact) mass is 416 g/mol. The van der Waals surface area contributed by atoms with Crippen LogP contribution in [0.15, 0.2) is 59.5 Å². The lowest BCUT2D eigenvalue weighted by Gasteiger charge is -2.26. The molecule has 9 heteroatoms. The number of nitrogens with zero attached hydrogens (tertiary/aromatic N) is 3. The van der Waals surface area contributed by atoms with Crippen LogP contribution in [0.25, 0.3) is 0 Å². The number of hydrogen-bond donors (Lipinski definition) is 2. The molecule has 0 aliphatic carbocycles. The smallest absolute Gasteiger partial charge is 0.249 e. The molecular formula is C20H18ClFN4O3. The first-order chi connectivity index (χ1) is 14.0. The number of hydrogen-bond acceptors (Lipinski definition) is 6. The molecule has 1 saturated heterocycles. The van der Waals surface area contributed by atoms with Gasteiger partial charge in [-0.1, -0.05) is 23.7 Å². The van der Waals surface area contributed by atoms with Gasteiger partial charge in [0, 0.05) is 22.2 Å². The van der Waals surface area contributed by atoms with E-state index in [-0.39, 0.29) is 25.7 Å². The summed E-state index contributed by atoms with van der Waals surface area (Å²) in [7, 11) is 0. The second-order valence-corrected chi connectivity index (χ2v) is 7.20. The van der Waals surface area contributed by atoms with E-state index in [1.807, 2.05) is 0 Å². The van der Waals surface area contributed by atoms with Crippen LogP contribution in [0, 0.1) is 5.82 Å².